The van der Waals surface area contributed by atoms with Gasteiger partial charge in [0.15, 0.2) is 0 Å². The standard InChI is InChI=1S/C4H10O2.2C3HF7O3S/c1-2-4(6)3-5;2*4-1(2(5,6)7,3(8,9)10)14(11,12)13/h4-6H,2-3H2,1H3;2*(H,11,12,13). The molecule has 0 saturated heterocycles. The minimum Gasteiger partial charge on any atom is -0.394 e. The summed E-state index contributed by atoms with van der Waals surface area (Å²) in [5, 5.41) is 3.18. The zero-order valence-corrected chi connectivity index (χ0v) is 17.2. The lowest BCUT2D eigenvalue weighted by molar-refractivity contribution is -0.308. The maximum absolute atomic E-state index is 12.2. The van der Waals surface area contributed by atoms with E-state index in [1.165, 1.54) is 0 Å². The molecule has 0 aliphatic heterocycles. The summed E-state index contributed by atoms with van der Waals surface area (Å²) in [5.41, 5.74) is 0. The Morgan fingerprint density at radius 3 is 0.765 bits per heavy atom. The molecular formula is C10H12F14O8S2. The third-order valence-corrected chi connectivity index (χ3v) is 5.20. The Balaban J connectivity index is -0.000000458. The van der Waals surface area contributed by atoms with Crippen molar-refractivity contribution < 1.29 is 97.6 Å². The van der Waals surface area contributed by atoms with Gasteiger partial charge < -0.3 is 10.2 Å². The zero-order valence-electron chi connectivity index (χ0n) is 15.5. The van der Waals surface area contributed by atoms with E-state index >= 15 is 0 Å². The molecule has 0 fully saturated rings. The van der Waals surface area contributed by atoms with E-state index in [4.69, 9.17) is 19.3 Å². The highest BCUT2D eigenvalue weighted by molar-refractivity contribution is 7.87. The van der Waals surface area contributed by atoms with E-state index in [9.17, 15) is 78.3 Å². The van der Waals surface area contributed by atoms with Crippen molar-refractivity contribution in [1.82, 2.24) is 0 Å². The van der Waals surface area contributed by atoms with Gasteiger partial charge in [-0.1, -0.05) is 6.92 Å². The maximum Gasteiger partial charge on any atom is 0.449 e. The van der Waals surface area contributed by atoms with Gasteiger partial charge in [0.25, 0.3) is 0 Å². The smallest absolute Gasteiger partial charge is 0.394 e. The van der Waals surface area contributed by atoms with Gasteiger partial charge in [-0.3, -0.25) is 9.11 Å². The molecule has 0 aliphatic carbocycles. The third kappa shape index (κ3) is 8.46. The van der Waals surface area contributed by atoms with Crippen LogP contribution in [0, 0.1) is 0 Å². The molecule has 0 aliphatic rings. The van der Waals surface area contributed by atoms with Gasteiger partial charge in [0.2, 0.25) is 0 Å². The Morgan fingerprint density at radius 2 is 0.765 bits per heavy atom. The van der Waals surface area contributed by atoms with E-state index in [1.54, 1.807) is 0 Å². The average Bonchev–Trinajstić information content (AvgIpc) is 2.54. The molecule has 0 spiro atoms. The first kappa shape index (κ1) is 37.3. The van der Waals surface area contributed by atoms with Crippen molar-refractivity contribution in [1.29, 1.82) is 0 Å². The van der Waals surface area contributed by atoms with Crippen LogP contribution < -0.4 is 0 Å². The Hall–Kier alpha value is -1.24. The first-order valence-electron chi connectivity index (χ1n) is 7.18. The maximum atomic E-state index is 12.2. The van der Waals surface area contributed by atoms with Gasteiger partial charge >= 0.3 is 54.9 Å². The molecule has 34 heavy (non-hydrogen) atoms. The van der Waals surface area contributed by atoms with Crippen LogP contribution in [-0.4, -0.2) is 83.6 Å². The molecule has 0 aromatic heterocycles. The van der Waals surface area contributed by atoms with Gasteiger partial charge in [-0.25, -0.2) is 8.78 Å². The third-order valence-electron chi connectivity index (χ3n) is 2.85. The van der Waals surface area contributed by atoms with E-state index in [1.807, 2.05) is 6.92 Å². The summed E-state index contributed by atoms with van der Waals surface area (Å²) in [6.45, 7) is 1.71. The summed E-state index contributed by atoms with van der Waals surface area (Å²) in [5.74, 6) is 0. The van der Waals surface area contributed by atoms with E-state index in [-0.39, 0.29) is 6.61 Å². The van der Waals surface area contributed by atoms with E-state index in [0.717, 1.165) is 0 Å². The van der Waals surface area contributed by atoms with Gasteiger partial charge in [-0.05, 0) is 6.42 Å². The molecule has 8 nitrogen and oxygen atoms in total. The van der Waals surface area contributed by atoms with Crippen molar-refractivity contribution >= 4 is 20.2 Å². The highest BCUT2D eigenvalue weighted by atomic mass is 32.2. The fourth-order valence-corrected chi connectivity index (χ4v) is 2.21. The summed E-state index contributed by atoms with van der Waals surface area (Å²) in [6, 6.07) is 0. The Morgan fingerprint density at radius 1 is 0.588 bits per heavy atom. The summed E-state index contributed by atoms with van der Waals surface area (Å²) in [4.78, 5) is 0. The van der Waals surface area contributed by atoms with Crippen LogP contribution in [0.1, 0.15) is 13.3 Å². The van der Waals surface area contributed by atoms with Gasteiger partial charge in [0.05, 0.1) is 12.7 Å². The molecule has 1 unspecified atom stereocenters. The van der Waals surface area contributed by atoms with Crippen molar-refractivity contribution in [3.63, 3.8) is 0 Å². The summed E-state index contributed by atoms with van der Waals surface area (Å²) < 4.78 is 216. The highest BCUT2D eigenvalue weighted by Gasteiger charge is 2.81. The number of hydrogen-bond acceptors (Lipinski definition) is 6. The molecule has 0 radical (unpaired) electrons. The number of hydrogen-bond donors (Lipinski definition) is 4. The monoisotopic (exact) mass is 590 g/mol. The van der Waals surface area contributed by atoms with Crippen LogP contribution in [0.2, 0.25) is 0 Å². The van der Waals surface area contributed by atoms with Gasteiger partial charge in [-0.15, -0.1) is 0 Å². The lowest BCUT2D eigenvalue weighted by Gasteiger charge is -2.26. The quantitative estimate of drug-likeness (QED) is 0.289. The molecule has 0 heterocycles. The van der Waals surface area contributed by atoms with Crippen molar-refractivity contribution in [2.24, 2.45) is 0 Å². The number of alkyl halides is 14. The van der Waals surface area contributed by atoms with Crippen molar-refractivity contribution in [3.05, 3.63) is 0 Å². The summed E-state index contributed by atoms with van der Waals surface area (Å²) in [6.07, 6.45) is -27.1. The van der Waals surface area contributed by atoms with Crippen molar-refractivity contribution in [2.45, 2.75) is 54.2 Å². The average molecular weight is 590 g/mol. The van der Waals surface area contributed by atoms with Crippen LogP contribution in [-0.2, 0) is 20.2 Å². The van der Waals surface area contributed by atoms with Crippen molar-refractivity contribution in [3.8, 4) is 0 Å². The molecule has 0 aromatic carbocycles. The topological polar surface area (TPSA) is 149 Å². The second kappa shape index (κ2) is 11.2. The zero-order chi connectivity index (χ0) is 29.0. The van der Waals surface area contributed by atoms with Crippen molar-refractivity contribution in [2.75, 3.05) is 6.61 Å². The molecular weight excluding hydrogens is 578 g/mol. The highest BCUT2D eigenvalue weighted by Crippen LogP contribution is 2.50. The molecule has 0 saturated carbocycles. The number of aliphatic hydroxyl groups is 2. The Kier molecular flexibility index (Phi) is 12.3. The van der Waals surface area contributed by atoms with Crippen LogP contribution >= 0.6 is 0 Å². The van der Waals surface area contributed by atoms with Crippen LogP contribution in [0.5, 0.6) is 0 Å². The van der Waals surface area contributed by atoms with Crippen LogP contribution in [0.3, 0.4) is 0 Å². The number of halogens is 14. The molecule has 4 N–H and O–H groups in total. The normalized spacial score (nSPS) is 15.5. The first-order valence-corrected chi connectivity index (χ1v) is 10.1. The predicted octanol–water partition coefficient (Wildman–Crippen LogP) is 3.08. The van der Waals surface area contributed by atoms with Gasteiger partial charge in [-0.2, -0.15) is 69.5 Å². The lowest BCUT2D eigenvalue weighted by atomic mass is 10.3. The second-order valence-electron chi connectivity index (χ2n) is 5.38. The number of rotatable bonds is 4. The minimum atomic E-state index is -7.00. The second-order valence-corrected chi connectivity index (χ2v) is 8.40. The first-order chi connectivity index (χ1) is 14.3. The summed E-state index contributed by atoms with van der Waals surface area (Å²) in [7, 11) is -14.0. The molecule has 0 rings (SSSR count). The largest absolute Gasteiger partial charge is 0.449 e. The van der Waals surface area contributed by atoms with Gasteiger partial charge in [0, 0.05) is 0 Å². The van der Waals surface area contributed by atoms with Crippen LogP contribution in [0.25, 0.3) is 0 Å². The molecule has 210 valence electrons. The fourth-order valence-electron chi connectivity index (χ4n) is 1.04. The van der Waals surface area contributed by atoms with Gasteiger partial charge in [0.1, 0.15) is 0 Å². The molecule has 0 aromatic rings. The minimum absolute atomic E-state index is 0.115. The Labute approximate surface area is 179 Å². The van der Waals surface area contributed by atoms with E-state index in [2.05, 4.69) is 0 Å². The SMILES string of the molecule is CCC(O)CO.O=S(=O)(O)C(F)(C(F)(F)F)C(F)(F)F.O=S(=O)(O)C(F)(C(F)(F)F)C(F)(F)F. The lowest BCUT2D eigenvalue weighted by Crippen LogP contribution is -2.58. The fraction of sp³-hybridized carbons (Fsp3) is 1.00. The van der Waals surface area contributed by atoms with Crippen LogP contribution in [0.4, 0.5) is 61.5 Å². The Bertz CT molecular complexity index is 742. The predicted molar refractivity (Wildman–Crippen MR) is 78.4 cm³/mol. The molecule has 1 atom stereocenters. The molecule has 0 bridgehead atoms. The summed E-state index contributed by atoms with van der Waals surface area (Å²) >= 11 is 0. The number of aliphatic hydroxyl groups excluding tert-OH is 2. The molecule has 0 amide bonds. The molecule has 24 heteroatoms. The van der Waals surface area contributed by atoms with E-state index in [0.29, 0.717) is 6.42 Å². The van der Waals surface area contributed by atoms with E-state index < -0.39 is 61.0 Å². The van der Waals surface area contributed by atoms with Crippen LogP contribution in [0.15, 0.2) is 0 Å².